The van der Waals surface area contributed by atoms with Gasteiger partial charge in [-0.15, -0.1) is 0 Å². The summed E-state index contributed by atoms with van der Waals surface area (Å²) in [5, 5.41) is 0. The quantitative estimate of drug-likeness (QED) is 0.900. The molecule has 2 heteroatoms. The fourth-order valence-electron chi connectivity index (χ4n) is 3.98. The molecule has 104 valence electrons. The first-order valence-corrected chi connectivity index (χ1v) is 8.88. The average Bonchev–Trinajstić information content (AvgIpc) is 2.98. The van der Waals surface area contributed by atoms with E-state index in [2.05, 4.69) is 36.0 Å². The van der Waals surface area contributed by atoms with Crippen LogP contribution < -0.4 is 5.73 Å². The molecule has 1 nitrogen and oxygen atoms in total. The fourth-order valence-corrected chi connectivity index (χ4v) is 5.09. The van der Waals surface area contributed by atoms with E-state index in [0.717, 1.165) is 12.5 Å². The first kappa shape index (κ1) is 13.5. The van der Waals surface area contributed by atoms with Crippen LogP contribution in [0.5, 0.6) is 0 Å². The molecule has 2 N–H and O–H groups in total. The van der Waals surface area contributed by atoms with Crippen molar-refractivity contribution in [2.75, 3.05) is 18.1 Å². The maximum atomic E-state index is 6.20. The summed E-state index contributed by atoms with van der Waals surface area (Å²) in [6.45, 7) is 0.825. The standard InChI is InChI=1S/C17H25NS/c18-13-17(9-3-4-10-17)16-6-2-1-5-15(16)14-7-11-19-12-8-14/h1-2,5-6,14H,3-4,7-13,18H2. The van der Waals surface area contributed by atoms with Crippen molar-refractivity contribution in [3.63, 3.8) is 0 Å². The molecule has 1 aromatic carbocycles. The molecule has 0 spiro atoms. The second-order valence-corrected chi connectivity index (χ2v) is 7.39. The van der Waals surface area contributed by atoms with E-state index in [1.165, 1.54) is 50.0 Å². The largest absolute Gasteiger partial charge is 0.330 e. The number of hydrogen-bond acceptors (Lipinski definition) is 2. The van der Waals surface area contributed by atoms with Crippen molar-refractivity contribution in [2.45, 2.75) is 49.9 Å². The maximum Gasteiger partial charge on any atom is 0.00783 e. The second-order valence-electron chi connectivity index (χ2n) is 6.17. The molecular formula is C17H25NS. The van der Waals surface area contributed by atoms with E-state index in [1.54, 1.807) is 11.1 Å². The molecule has 1 aliphatic carbocycles. The summed E-state index contributed by atoms with van der Waals surface area (Å²) in [4.78, 5) is 0. The number of benzene rings is 1. The Balaban J connectivity index is 1.96. The third-order valence-corrected chi connectivity index (χ3v) is 6.19. The van der Waals surface area contributed by atoms with Crippen LogP contribution in [0.15, 0.2) is 24.3 Å². The molecule has 0 unspecified atom stereocenters. The monoisotopic (exact) mass is 275 g/mol. The molecule has 1 aromatic rings. The highest BCUT2D eigenvalue weighted by Crippen LogP contribution is 2.45. The Labute approximate surface area is 121 Å². The summed E-state index contributed by atoms with van der Waals surface area (Å²) in [6.07, 6.45) is 7.99. The van der Waals surface area contributed by atoms with Gasteiger partial charge in [0.05, 0.1) is 0 Å². The molecule has 3 rings (SSSR count). The lowest BCUT2D eigenvalue weighted by Crippen LogP contribution is -2.33. The van der Waals surface area contributed by atoms with Crippen LogP contribution in [0.2, 0.25) is 0 Å². The summed E-state index contributed by atoms with van der Waals surface area (Å²) in [6, 6.07) is 9.19. The third kappa shape index (κ3) is 2.57. The lowest BCUT2D eigenvalue weighted by atomic mass is 9.73. The van der Waals surface area contributed by atoms with Crippen LogP contribution in [0.1, 0.15) is 55.6 Å². The van der Waals surface area contributed by atoms with Crippen LogP contribution in [-0.2, 0) is 5.41 Å². The molecule has 1 heterocycles. The first-order chi connectivity index (χ1) is 9.36. The van der Waals surface area contributed by atoms with E-state index < -0.39 is 0 Å². The van der Waals surface area contributed by atoms with Crippen LogP contribution in [0, 0.1) is 0 Å². The number of thioether (sulfide) groups is 1. The van der Waals surface area contributed by atoms with Gasteiger partial charge in [-0.05, 0) is 54.2 Å². The average molecular weight is 275 g/mol. The van der Waals surface area contributed by atoms with Gasteiger partial charge in [0.25, 0.3) is 0 Å². The van der Waals surface area contributed by atoms with Gasteiger partial charge >= 0.3 is 0 Å². The molecule has 0 aromatic heterocycles. The van der Waals surface area contributed by atoms with Gasteiger partial charge in [-0.25, -0.2) is 0 Å². The number of nitrogens with two attached hydrogens (primary N) is 1. The van der Waals surface area contributed by atoms with Crippen LogP contribution in [0.4, 0.5) is 0 Å². The smallest absolute Gasteiger partial charge is 0.00783 e. The zero-order chi connectivity index (χ0) is 13.1. The highest BCUT2D eigenvalue weighted by atomic mass is 32.2. The van der Waals surface area contributed by atoms with Crippen molar-refractivity contribution in [3.05, 3.63) is 35.4 Å². The molecule has 0 atom stereocenters. The molecule has 0 bridgehead atoms. The SMILES string of the molecule is NCC1(c2ccccc2C2CCSCC2)CCCC1. The van der Waals surface area contributed by atoms with Crippen LogP contribution in [0.3, 0.4) is 0 Å². The molecule has 0 radical (unpaired) electrons. The molecule has 1 saturated carbocycles. The van der Waals surface area contributed by atoms with Gasteiger partial charge in [-0.1, -0.05) is 37.1 Å². The maximum absolute atomic E-state index is 6.20. The lowest BCUT2D eigenvalue weighted by Gasteiger charge is -2.33. The van der Waals surface area contributed by atoms with Crippen molar-refractivity contribution in [3.8, 4) is 0 Å². The van der Waals surface area contributed by atoms with Crippen molar-refractivity contribution >= 4 is 11.8 Å². The van der Waals surface area contributed by atoms with Crippen LogP contribution >= 0.6 is 11.8 Å². The van der Waals surface area contributed by atoms with Gasteiger partial charge in [-0.3, -0.25) is 0 Å². The van der Waals surface area contributed by atoms with Gasteiger partial charge in [-0.2, -0.15) is 11.8 Å². The summed E-state index contributed by atoms with van der Waals surface area (Å²) >= 11 is 2.11. The summed E-state index contributed by atoms with van der Waals surface area (Å²) in [5.41, 5.74) is 9.70. The summed E-state index contributed by atoms with van der Waals surface area (Å²) < 4.78 is 0. The van der Waals surface area contributed by atoms with E-state index >= 15 is 0 Å². The zero-order valence-electron chi connectivity index (χ0n) is 11.7. The Morgan fingerprint density at radius 3 is 2.47 bits per heavy atom. The van der Waals surface area contributed by atoms with Crippen molar-refractivity contribution in [1.29, 1.82) is 0 Å². The minimum atomic E-state index is 0.293. The normalized spacial score (nSPS) is 23.6. The Morgan fingerprint density at radius 2 is 1.79 bits per heavy atom. The van der Waals surface area contributed by atoms with Gasteiger partial charge in [0.2, 0.25) is 0 Å². The molecule has 1 saturated heterocycles. The van der Waals surface area contributed by atoms with Gasteiger partial charge in [0, 0.05) is 12.0 Å². The topological polar surface area (TPSA) is 26.0 Å². The molecule has 1 aliphatic heterocycles. The summed E-state index contributed by atoms with van der Waals surface area (Å²) in [7, 11) is 0. The summed E-state index contributed by atoms with van der Waals surface area (Å²) in [5.74, 6) is 3.44. The van der Waals surface area contributed by atoms with Crippen molar-refractivity contribution in [1.82, 2.24) is 0 Å². The molecule has 2 fully saturated rings. The molecule has 0 amide bonds. The lowest BCUT2D eigenvalue weighted by molar-refractivity contribution is 0.442. The Bertz CT molecular complexity index is 417. The molecular weight excluding hydrogens is 250 g/mol. The Hall–Kier alpha value is -0.470. The first-order valence-electron chi connectivity index (χ1n) is 7.73. The number of rotatable bonds is 3. The Morgan fingerprint density at radius 1 is 1.11 bits per heavy atom. The van der Waals surface area contributed by atoms with Crippen LogP contribution in [-0.4, -0.2) is 18.1 Å². The van der Waals surface area contributed by atoms with Crippen molar-refractivity contribution in [2.24, 2.45) is 5.73 Å². The van der Waals surface area contributed by atoms with Gasteiger partial charge in [0.15, 0.2) is 0 Å². The minimum Gasteiger partial charge on any atom is -0.330 e. The predicted molar refractivity (Wildman–Crippen MR) is 84.9 cm³/mol. The van der Waals surface area contributed by atoms with Gasteiger partial charge < -0.3 is 5.73 Å². The van der Waals surface area contributed by atoms with Crippen LogP contribution in [0.25, 0.3) is 0 Å². The van der Waals surface area contributed by atoms with E-state index in [-0.39, 0.29) is 0 Å². The Kier molecular flexibility index (Phi) is 4.18. The van der Waals surface area contributed by atoms with Gasteiger partial charge in [0.1, 0.15) is 0 Å². The fraction of sp³-hybridized carbons (Fsp3) is 0.647. The molecule has 2 aliphatic rings. The highest BCUT2D eigenvalue weighted by molar-refractivity contribution is 7.99. The second kappa shape index (κ2) is 5.88. The molecule has 19 heavy (non-hydrogen) atoms. The highest BCUT2D eigenvalue weighted by Gasteiger charge is 2.36. The third-order valence-electron chi connectivity index (χ3n) is 5.14. The van der Waals surface area contributed by atoms with E-state index in [0.29, 0.717) is 5.41 Å². The van der Waals surface area contributed by atoms with E-state index in [4.69, 9.17) is 5.73 Å². The van der Waals surface area contributed by atoms with Crippen molar-refractivity contribution < 1.29 is 0 Å². The minimum absolute atomic E-state index is 0.293. The van der Waals surface area contributed by atoms with E-state index in [1.807, 2.05) is 0 Å². The number of hydrogen-bond donors (Lipinski definition) is 1. The van der Waals surface area contributed by atoms with E-state index in [9.17, 15) is 0 Å². The zero-order valence-corrected chi connectivity index (χ0v) is 12.6. The predicted octanol–water partition coefficient (Wildman–Crippen LogP) is 4.07.